The van der Waals surface area contributed by atoms with E-state index in [1.807, 2.05) is 43.3 Å². The van der Waals surface area contributed by atoms with E-state index in [9.17, 15) is 19.5 Å². The van der Waals surface area contributed by atoms with Crippen molar-refractivity contribution in [2.24, 2.45) is 5.92 Å². The minimum Gasteiger partial charge on any atom is -0.496 e. The van der Waals surface area contributed by atoms with Gasteiger partial charge in [0.25, 0.3) is 0 Å². The van der Waals surface area contributed by atoms with Gasteiger partial charge in [-0.3, -0.25) is 9.36 Å². The standard InChI is InChI=1S/C25H30N4O5/c1-5-6-19-11-12-20(13-21(19)34-4)26-23-27-24(32)29(14-17(3)22(30)31)25(33)28(23)15-18-9-7-16(2)8-10-18/h7-13,17H,5-6,14-15H2,1-4H3,(H,30,31)(H,26,27,32)/t17-/m0/s1. The second-order valence-corrected chi connectivity index (χ2v) is 8.32. The van der Waals surface area contributed by atoms with Gasteiger partial charge in [0.1, 0.15) is 5.75 Å². The van der Waals surface area contributed by atoms with E-state index in [-0.39, 0.29) is 19.0 Å². The number of methoxy groups -OCH3 is 1. The number of aromatic nitrogens is 3. The highest BCUT2D eigenvalue weighted by Crippen LogP contribution is 2.26. The molecular formula is C25H30N4O5. The first-order valence-corrected chi connectivity index (χ1v) is 11.2. The predicted molar refractivity (Wildman–Crippen MR) is 130 cm³/mol. The van der Waals surface area contributed by atoms with Crippen LogP contribution in [0.15, 0.2) is 52.1 Å². The van der Waals surface area contributed by atoms with Gasteiger partial charge in [-0.25, -0.2) is 14.2 Å². The Labute approximate surface area is 197 Å². The van der Waals surface area contributed by atoms with Crippen LogP contribution < -0.4 is 21.4 Å². The zero-order valence-electron chi connectivity index (χ0n) is 19.9. The van der Waals surface area contributed by atoms with E-state index in [2.05, 4.69) is 17.2 Å². The summed E-state index contributed by atoms with van der Waals surface area (Å²) in [6.07, 6.45) is 1.82. The fourth-order valence-electron chi connectivity index (χ4n) is 3.58. The minimum atomic E-state index is -1.10. The lowest BCUT2D eigenvalue weighted by atomic mass is 10.1. The Morgan fingerprint density at radius 1 is 1.15 bits per heavy atom. The molecule has 1 aromatic heterocycles. The maximum absolute atomic E-state index is 13.3. The zero-order valence-corrected chi connectivity index (χ0v) is 19.9. The fourth-order valence-corrected chi connectivity index (χ4v) is 3.58. The lowest BCUT2D eigenvalue weighted by Gasteiger charge is -2.17. The van der Waals surface area contributed by atoms with Crippen LogP contribution in [-0.2, 0) is 24.3 Å². The van der Waals surface area contributed by atoms with Gasteiger partial charge in [0.15, 0.2) is 0 Å². The number of carboxylic acid groups (broad SMARTS) is 1. The molecule has 1 atom stereocenters. The molecule has 0 saturated carbocycles. The fraction of sp³-hybridized carbons (Fsp3) is 0.360. The molecule has 0 amide bonds. The largest absolute Gasteiger partial charge is 0.496 e. The van der Waals surface area contributed by atoms with E-state index in [0.717, 1.165) is 34.1 Å². The van der Waals surface area contributed by atoms with E-state index < -0.39 is 23.3 Å². The Kier molecular flexibility index (Phi) is 7.88. The molecule has 0 fully saturated rings. The van der Waals surface area contributed by atoms with Crippen LogP contribution in [0.1, 0.15) is 37.0 Å². The highest BCUT2D eigenvalue weighted by Gasteiger charge is 2.19. The van der Waals surface area contributed by atoms with E-state index in [1.54, 1.807) is 13.2 Å². The molecule has 0 aliphatic carbocycles. The third kappa shape index (κ3) is 5.72. The number of hydrogen-bond donors (Lipinski definition) is 2. The number of rotatable bonds is 10. The highest BCUT2D eigenvalue weighted by molar-refractivity contribution is 5.69. The van der Waals surface area contributed by atoms with Crippen LogP contribution in [0.3, 0.4) is 0 Å². The van der Waals surface area contributed by atoms with Crippen molar-refractivity contribution in [2.45, 2.75) is 46.7 Å². The molecule has 2 aromatic carbocycles. The maximum Gasteiger partial charge on any atom is 0.354 e. The van der Waals surface area contributed by atoms with Gasteiger partial charge in [-0.2, -0.15) is 4.98 Å². The minimum absolute atomic E-state index is 0.0695. The second-order valence-electron chi connectivity index (χ2n) is 8.32. The van der Waals surface area contributed by atoms with Crippen molar-refractivity contribution in [3.63, 3.8) is 0 Å². The number of carbonyl (C=O) groups is 1. The normalized spacial score (nSPS) is 11.8. The number of aliphatic carboxylic acids is 1. The molecule has 2 N–H and O–H groups in total. The first kappa shape index (κ1) is 24.8. The average molecular weight is 467 g/mol. The Balaban J connectivity index is 2.08. The van der Waals surface area contributed by atoms with Gasteiger partial charge in [-0.15, -0.1) is 0 Å². The van der Waals surface area contributed by atoms with Crippen molar-refractivity contribution in [2.75, 3.05) is 12.4 Å². The number of aryl methyl sites for hydroxylation is 2. The molecule has 0 radical (unpaired) electrons. The number of carboxylic acids is 1. The summed E-state index contributed by atoms with van der Waals surface area (Å²) in [6.45, 7) is 5.37. The molecule has 0 spiro atoms. The van der Waals surface area contributed by atoms with E-state index >= 15 is 0 Å². The molecule has 0 aliphatic rings. The van der Waals surface area contributed by atoms with Gasteiger partial charge in [0, 0.05) is 18.3 Å². The SMILES string of the molecule is CCCc1ccc(Nc2nc(=O)n(C[C@H](C)C(=O)O)c(=O)n2Cc2ccc(C)cc2)cc1OC. The third-order valence-electron chi connectivity index (χ3n) is 5.55. The molecular weight excluding hydrogens is 436 g/mol. The lowest BCUT2D eigenvalue weighted by Crippen LogP contribution is -2.44. The highest BCUT2D eigenvalue weighted by atomic mass is 16.5. The topological polar surface area (TPSA) is 115 Å². The lowest BCUT2D eigenvalue weighted by molar-refractivity contribution is -0.141. The molecule has 0 bridgehead atoms. The molecule has 3 aromatic rings. The summed E-state index contributed by atoms with van der Waals surface area (Å²) in [5.41, 5.74) is 2.13. The summed E-state index contributed by atoms with van der Waals surface area (Å²) < 4.78 is 7.70. The Hall–Kier alpha value is -3.88. The summed E-state index contributed by atoms with van der Waals surface area (Å²) in [5, 5.41) is 12.3. The molecule has 9 heteroatoms. The first-order chi connectivity index (χ1) is 16.2. The second kappa shape index (κ2) is 10.8. The number of nitrogens with one attached hydrogen (secondary N) is 1. The first-order valence-electron chi connectivity index (χ1n) is 11.2. The predicted octanol–water partition coefficient (Wildman–Crippen LogP) is 3.19. The Morgan fingerprint density at radius 2 is 1.85 bits per heavy atom. The van der Waals surface area contributed by atoms with E-state index in [1.165, 1.54) is 11.5 Å². The van der Waals surface area contributed by atoms with E-state index in [0.29, 0.717) is 11.4 Å². The van der Waals surface area contributed by atoms with Gasteiger partial charge in [0.2, 0.25) is 5.95 Å². The van der Waals surface area contributed by atoms with Crippen molar-refractivity contribution in [3.05, 3.63) is 80.1 Å². The van der Waals surface area contributed by atoms with Crippen molar-refractivity contribution in [1.82, 2.24) is 14.1 Å². The molecule has 34 heavy (non-hydrogen) atoms. The summed E-state index contributed by atoms with van der Waals surface area (Å²) in [5.74, 6) is -1.25. The summed E-state index contributed by atoms with van der Waals surface area (Å²) in [7, 11) is 1.59. The van der Waals surface area contributed by atoms with Crippen LogP contribution in [-0.4, -0.2) is 32.3 Å². The van der Waals surface area contributed by atoms with Gasteiger partial charge in [-0.1, -0.05) is 56.2 Å². The monoisotopic (exact) mass is 466 g/mol. The molecule has 0 unspecified atom stereocenters. The van der Waals surface area contributed by atoms with E-state index in [4.69, 9.17) is 4.74 Å². The van der Waals surface area contributed by atoms with Crippen molar-refractivity contribution >= 4 is 17.6 Å². The summed E-state index contributed by atoms with van der Waals surface area (Å²) in [6, 6.07) is 13.2. The van der Waals surface area contributed by atoms with Gasteiger partial charge in [0.05, 0.1) is 19.6 Å². The van der Waals surface area contributed by atoms with Crippen LogP contribution in [0.25, 0.3) is 0 Å². The van der Waals surface area contributed by atoms with Crippen LogP contribution in [0.2, 0.25) is 0 Å². The molecule has 0 saturated heterocycles. The average Bonchev–Trinajstić information content (AvgIpc) is 2.81. The van der Waals surface area contributed by atoms with Gasteiger partial charge < -0.3 is 15.2 Å². The van der Waals surface area contributed by atoms with Crippen molar-refractivity contribution < 1.29 is 14.6 Å². The third-order valence-corrected chi connectivity index (χ3v) is 5.55. The number of benzene rings is 2. The van der Waals surface area contributed by atoms with Crippen molar-refractivity contribution in [3.8, 4) is 5.75 Å². The maximum atomic E-state index is 13.3. The molecule has 1 heterocycles. The van der Waals surface area contributed by atoms with Crippen LogP contribution in [0.5, 0.6) is 5.75 Å². The van der Waals surface area contributed by atoms with Crippen LogP contribution >= 0.6 is 0 Å². The van der Waals surface area contributed by atoms with Crippen LogP contribution in [0.4, 0.5) is 11.6 Å². The number of nitrogens with zero attached hydrogens (tertiary/aromatic N) is 3. The Bertz CT molecular complexity index is 1280. The number of hydrogen-bond acceptors (Lipinski definition) is 6. The van der Waals surface area contributed by atoms with Crippen molar-refractivity contribution in [1.29, 1.82) is 0 Å². The number of ether oxygens (including phenoxy) is 1. The quantitative estimate of drug-likeness (QED) is 0.471. The smallest absolute Gasteiger partial charge is 0.354 e. The van der Waals surface area contributed by atoms with Gasteiger partial charge >= 0.3 is 17.3 Å². The summed E-state index contributed by atoms with van der Waals surface area (Å²) in [4.78, 5) is 41.4. The Morgan fingerprint density at radius 3 is 2.47 bits per heavy atom. The number of anilines is 2. The summed E-state index contributed by atoms with van der Waals surface area (Å²) >= 11 is 0. The molecule has 180 valence electrons. The molecule has 9 nitrogen and oxygen atoms in total. The van der Waals surface area contributed by atoms with Crippen LogP contribution in [0, 0.1) is 12.8 Å². The zero-order chi connectivity index (χ0) is 24.8. The molecule has 3 rings (SSSR count). The molecule has 0 aliphatic heterocycles. The van der Waals surface area contributed by atoms with Gasteiger partial charge in [-0.05, 0) is 30.5 Å².